The standard InChI is InChI=1S/C13H12ClNO3/c1-13(2,8-16)9-4-3-5-10(6-9)18-12(17)11(14)7-15/h3-6,8,11H,1-2H3. The molecule has 94 valence electrons. The van der Waals surface area contributed by atoms with Crippen LogP contribution in [0.3, 0.4) is 0 Å². The van der Waals surface area contributed by atoms with Crippen LogP contribution in [-0.2, 0) is 15.0 Å². The molecule has 0 aliphatic rings. The molecule has 0 aliphatic carbocycles. The molecule has 0 aromatic heterocycles. The van der Waals surface area contributed by atoms with E-state index in [9.17, 15) is 9.59 Å². The highest BCUT2D eigenvalue weighted by Crippen LogP contribution is 2.24. The van der Waals surface area contributed by atoms with Crippen molar-refractivity contribution in [2.75, 3.05) is 0 Å². The van der Waals surface area contributed by atoms with E-state index in [0.717, 1.165) is 6.29 Å². The zero-order chi connectivity index (χ0) is 13.8. The number of nitrogens with zero attached hydrogens (tertiary/aromatic N) is 1. The first-order valence-corrected chi connectivity index (χ1v) is 5.66. The average molecular weight is 266 g/mol. The van der Waals surface area contributed by atoms with Gasteiger partial charge in [0.05, 0.1) is 6.07 Å². The Labute approximate surface area is 110 Å². The van der Waals surface area contributed by atoms with Crippen LogP contribution in [0.1, 0.15) is 19.4 Å². The van der Waals surface area contributed by atoms with Crippen molar-refractivity contribution in [3.8, 4) is 11.8 Å². The first kappa shape index (κ1) is 14.2. The predicted octanol–water partition coefficient (Wildman–Crippen LogP) is 2.20. The Balaban J connectivity index is 2.94. The van der Waals surface area contributed by atoms with Crippen LogP contribution in [0.15, 0.2) is 24.3 Å². The number of halogens is 1. The molecule has 0 amide bonds. The van der Waals surface area contributed by atoms with Crippen LogP contribution in [0.25, 0.3) is 0 Å². The average Bonchev–Trinajstić information content (AvgIpc) is 2.38. The molecule has 1 unspecified atom stereocenters. The lowest BCUT2D eigenvalue weighted by Crippen LogP contribution is -2.21. The van der Waals surface area contributed by atoms with E-state index >= 15 is 0 Å². The SMILES string of the molecule is CC(C)(C=O)c1cccc(OC(=O)C(Cl)C#N)c1. The van der Waals surface area contributed by atoms with Gasteiger partial charge in [0.2, 0.25) is 5.38 Å². The third kappa shape index (κ3) is 3.31. The van der Waals surface area contributed by atoms with Gasteiger partial charge in [-0.1, -0.05) is 23.7 Å². The van der Waals surface area contributed by atoms with Gasteiger partial charge in [-0.05, 0) is 31.5 Å². The number of alkyl halides is 1. The minimum absolute atomic E-state index is 0.258. The van der Waals surface area contributed by atoms with Crippen LogP contribution < -0.4 is 4.74 Å². The second kappa shape index (κ2) is 5.65. The van der Waals surface area contributed by atoms with Gasteiger partial charge in [-0.25, -0.2) is 4.79 Å². The number of carbonyl (C=O) groups excluding carboxylic acids is 2. The van der Waals surface area contributed by atoms with E-state index in [4.69, 9.17) is 21.6 Å². The third-order valence-corrected chi connectivity index (χ3v) is 2.69. The van der Waals surface area contributed by atoms with Crippen molar-refractivity contribution in [3.05, 3.63) is 29.8 Å². The van der Waals surface area contributed by atoms with E-state index in [2.05, 4.69) is 0 Å². The van der Waals surface area contributed by atoms with E-state index in [1.807, 2.05) is 0 Å². The van der Waals surface area contributed by atoms with Gasteiger partial charge in [0.25, 0.3) is 0 Å². The number of hydrogen-bond donors (Lipinski definition) is 0. The maximum Gasteiger partial charge on any atom is 0.344 e. The summed E-state index contributed by atoms with van der Waals surface area (Å²) in [5.41, 5.74) is 0.0451. The van der Waals surface area contributed by atoms with Crippen LogP contribution in [-0.4, -0.2) is 17.6 Å². The molecule has 1 aromatic rings. The van der Waals surface area contributed by atoms with E-state index in [0.29, 0.717) is 5.56 Å². The predicted molar refractivity (Wildman–Crippen MR) is 66.4 cm³/mol. The van der Waals surface area contributed by atoms with Crippen LogP contribution in [0.5, 0.6) is 5.75 Å². The minimum atomic E-state index is -1.34. The molecule has 0 radical (unpaired) electrons. The molecule has 0 N–H and O–H groups in total. The maximum atomic E-state index is 11.3. The fraction of sp³-hybridized carbons (Fsp3) is 0.308. The van der Waals surface area contributed by atoms with Crippen LogP contribution in [0, 0.1) is 11.3 Å². The lowest BCUT2D eigenvalue weighted by Gasteiger charge is -2.18. The lowest BCUT2D eigenvalue weighted by molar-refractivity contribution is -0.132. The van der Waals surface area contributed by atoms with Crippen molar-refractivity contribution >= 4 is 23.9 Å². The molecule has 0 saturated heterocycles. The zero-order valence-electron chi connectivity index (χ0n) is 10.0. The van der Waals surface area contributed by atoms with Crippen LogP contribution in [0.4, 0.5) is 0 Å². The fourth-order valence-electron chi connectivity index (χ4n) is 1.25. The summed E-state index contributed by atoms with van der Waals surface area (Å²) in [6, 6.07) is 8.13. The summed E-state index contributed by atoms with van der Waals surface area (Å²) in [7, 11) is 0. The van der Waals surface area contributed by atoms with Gasteiger partial charge in [-0.3, -0.25) is 0 Å². The first-order valence-electron chi connectivity index (χ1n) is 5.23. The van der Waals surface area contributed by atoms with Gasteiger partial charge in [0.1, 0.15) is 12.0 Å². The molecule has 0 spiro atoms. The van der Waals surface area contributed by atoms with Gasteiger partial charge in [-0.15, -0.1) is 0 Å². The summed E-state index contributed by atoms with van der Waals surface area (Å²) in [6.07, 6.45) is 0.813. The van der Waals surface area contributed by atoms with Crippen molar-refractivity contribution in [1.82, 2.24) is 0 Å². The number of carbonyl (C=O) groups is 2. The fourth-order valence-corrected chi connectivity index (χ4v) is 1.29. The van der Waals surface area contributed by atoms with Gasteiger partial charge in [-0.2, -0.15) is 5.26 Å². The Morgan fingerprint density at radius 1 is 1.56 bits per heavy atom. The third-order valence-electron chi connectivity index (χ3n) is 2.41. The summed E-state index contributed by atoms with van der Waals surface area (Å²) in [4.78, 5) is 22.3. The van der Waals surface area contributed by atoms with Crippen LogP contribution >= 0.6 is 11.6 Å². The molecule has 0 saturated carbocycles. The summed E-state index contributed by atoms with van der Waals surface area (Å²) < 4.78 is 4.94. The lowest BCUT2D eigenvalue weighted by atomic mass is 9.86. The number of rotatable bonds is 4. The Kier molecular flexibility index (Phi) is 4.46. The number of nitriles is 1. The van der Waals surface area contributed by atoms with E-state index < -0.39 is 16.8 Å². The molecular formula is C13H12ClNO3. The minimum Gasteiger partial charge on any atom is -0.425 e. The molecule has 18 heavy (non-hydrogen) atoms. The smallest absolute Gasteiger partial charge is 0.344 e. The number of hydrogen-bond acceptors (Lipinski definition) is 4. The number of esters is 1. The van der Waals surface area contributed by atoms with Crippen LogP contribution in [0.2, 0.25) is 0 Å². The second-order valence-electron chi connectivity index (χ2n) is 4.28. The number of aldehydes is 1. The Bertz CT molecular complexity index is 505. The largest absolute Gasteiger partial charge is 0.425 e. The number of benzene rings is 1. The molecule has 5 heteroatoms. The summed E-state index contributed by atoms with van der Waals surface area (Å²) in [5.74, 6) is -0.575. The topological polar surface area (TPSA) is 67.2 Å². The molecular weight excluding hydrogens is 254 g/mol. The Hall–Kier alpha value is -1.86. The van der Waals surface area contributed by atoms with E-state index in [-0.39, 0.29) is 5.75 Å². The molecule has 0 bridgehead atoms. The molecule has 0 fully saturated rings. The Morgan fingerprint density at radius 3 is 2.78 bits per heavy atom. The van der Waals surface area contributed by atoms with Gasteiger partial charge >= 0.3 is 5.97 Å². The molecule has 1 rings (SSSR count). The quantitative estimate of drug-likeness (QED) is 0.362. The first-order chi connectivity index (χ1) is 8.40. The summed E-state index contributed by atoms with van der Waals surface area (Å²) in [5, 5.41) is 7.14. The highest BCUT2D eigenvalue weighted by atomic mass is 35.5. The molecule has 1 aromatic carbocycles. The molecule has 4 nitrogen and oxygen atoms in total. The van der Waals surface area contributed by atoms with E-state index in [1.54, 1.807) is 44.2 Å². The molecule has 0 heterocycles. The monoisotopic (exact) mass is 265 g/mol. The van der Waals surface area contributed by atoms with Crippen molar-refractivity contribution < 1.29 is 14.3 Å². The van der Waals surface area contributed by atoms with E-state index in [1.165, 1.54) is 0 Å². The number of ether oxygens (including phenoxy) is 1. The maximum absolute atomic E-state index is 11.3. The van der Waals surface area contributed by atoms with Crippen molar-refractivity contribution in [3.63, 3.8) is 0 Å². The highest BCUT2D eigenvalue weighted by molar-refractivity contribution is 6.32. The molecule has 1 atom stereocenters. The molecule has 0 aliphatic heterocycles. The van der Waals surface area contributed by atoms with Crippen molar-refractivity contribution in [2.45, 2.75) is 24.6 Å². The highest BCUT2D eigenvalue weighted by Gasteiger charge is 2.21. The zero-order valence-corrected chi connectivity index (χ0v) is 10.8. The summed E-state index contributed by atoms with van der Waals surface area (Å²) in [6.45, 7) is 3.50. The van der Waals surface area contributed by atoms with Crippen molar-refractivity contribution in [2.24, 2.45) is 0 Å². The van der Waals surface area contributed by atoms with Gasteiger partial charge < -0.3 is 9.53 Å². The van der Waals surface area contributed by atoms with Gasteiger partial charge in [0, 0.05) is 5.41 Å². The Morgan fingerprint density at radius 2 is 2.22 bits per heavy atom. The normalized spacial score (nSPS) is 12.3. The second-order valence-corrected chi connectivity index (χ2v) is 4.72. The van der Waals surface area contributed by atoms with Crippen molar-refractivity contribution in [1.29, 1.82) is 5.26 Å². The summed E-state index contributed by atoms with van der Waals surface area (Å²) >= 11 is 5.43. The van der Waals surface area contributed by atoms with Gasteiger partial charge in [0.15, 0.2) is 0 Å².